The Hall–Kier alpha value is -0.0600. The lowest BCUT2D eigenvalue weighted by Gasteiger charge is -2.40. The Labute approximate surface area is 119 Å². The summed E-state index contributed by atoms with van der Waals surface area (Å²) in [5.41, 5.74) is 2.91. The number of nitrogens with one attached hydrogen (secondary N) is 1. The molecule has 3 rings (SSSR count). The lowest BCUT2D eigenvalue weighted by atomic mass is 10.1. The van der Waals surface area contributed by atoms with Crippen LogP contribution in [-0.2, 0) is 6.42 Å². The van der Waals surface area contributed by atoms with Crippen molar-refractivity contribution < 1.29 is 0 Å². The quantitative estimate of drug-likeness (QED) is 0.827. The van der Waals surface area contributed by atoms with Gasteiger partial charge in [-0.05, 0) is 62.4 Å². The average Bonchev–Trinajstić information content (AvgIpc) is 2.67. The maximum atomic E-state index is 3.62. The summed E-state index contributed by atoms with van der Waals surface area (Å²) in [5.74, 6) is 0. The Morgan fingerprint density at radius 3 is 2.82 bits per heavy atom. The second-order valence-corrected chi connectivity index (χ2v) is 6.59. The van der Waals surface area contributed by atoms with Gasteiger partial charge < -0.3 is 10.2 Å². The molecule has 0 saturated carbocycles. The van der Waals surface area contributed by atoms with Crippen LogP contribution in [0.2, 0.25) is 0 Å². The summed E-state index contributed by atoms with van der Waals surface area (Å²) in [6.07, 6.45) is 2.38. The Bertz CT molecular complexity index is 447. The van der Waals surface area contributed by atoms with Crippen molar-refractivity contribution in [3.05, 3.63) is 26.6 Å². The predicted molar refractivity (Wildman–Crippen MR) is 78.8 cm³/mol. The van der Waals surface area contributed by atoms with Crippen molar-refractivity contribution in [2.45, 2.75) is 31.8 Å². The minimum atomic E-state index is 0.642. The normalized spacial score (nSPS) is 26.9. The number of piperazine rings is 1. The molecule has 1 saturated heterocycles. The molecule has 0 aliphatic carbocycles. The van der Waals surface area contributed by atoms with Crippen LogP contribution >= 0.6 is 31.9 Å². The molecule has 0 spiro atoms. The molecule has 0 bridgehead atoms. The fraction of sp³-hybridized carbons (Fsp3) is 0.538. The fourth-order valence-corrected chi connectivity index (χ4v) is 3.77. The number of nitrogens with zero attached hydrogens (tertiary/aromatic N) is 1. The smallest absolute Gasteiger partial charge is 0.0459 e. The van der Waals surface area contributed by atoms with E-state index in [0.717, 1.165) is 22.0 Å². The van der Waals surface area contributed by atoms with Crippen LogP contribution < -0.4 is 10.2 Å². The Morgan fingerprint density at radius 2 is 2.06 bits per heavy atom. The van der Waals surface area contributed by atoms with E-state index in [9.17, 15) is 0 Å². The van der Waals surface area contributed by atoms with Gasteiger partial charge >= 0.3 is 0 Å². The molecule has 2 atom stereocenters. The molecule has 1 fully saturated rings. The third-order valence-electron chi connectivity index (χ3n) is 3.87. The lowest BCUT2D eigenvalue weighted by molar-refractivity contribution is 0.405. The Morgan fingerprint density at radius 1 is 1.29 bits per heavy atom. The second-order valence-electron chi connectivity index (χ2n) is 4.88. The molecule has 0 amide bonds. The van der Waals surface area contributed by atoms with Gasteiger partial charge in [0.1, 0.15) is 0 Å². The highest BCUT2D eigenvalue weighted by molar-refractivity contribution is 9.13. The van der Waals surface area contributed by atoms with Gasteiger partial charge in [0.05, 0.1) is 0 Å². The standard InChI is InChI=1S/C13H16Br2N2/c1-2-9-6-16-7-10-3-8-4-11(14)12(15)5-13(8)17(9)10/h4-5,9-10,16H,2-3,6-7H2,1H3. The molecular weight excluding hydrogens is 344 g/mol. The second kappa shape index (κ2) is 4.56. The monoisotopic (exact) mass is 358 g/mol. The molecule has 92 valence electrons. The van der Waals surface area contributed by atoms with E-state index in [1.807, 2.05) is 0 Å². The zero-order valence-electron chi connectivity index (χ0n) is 9.84. The summed E-state index contributed by atoms with van der Waals surface area (Å²) in [7, 11) is 0. The number of fused-ring (bicyclic) bond motifs is 3. The predicted octanol–water partition coefficient (Wildman–Crippen LogP) is 3.32. The van der Waals surface area contributed by atoms with Gasteiger partial charge in [-0.3, -0.25) is 0 Å². The first-order valence-corrected chi connectivity index (χ1v) is 7.76. The molecule has 1 aromatic rings. The van der Waals surface area contributed by atoms with Crippen molar-refractivity contribution >= 4 is 37.5 Å². The molecule has 4 heteroatoms. The first-order chi connectivity index (χ1) is 8.20. The first-order valence-electron chi connectivity index (χ1n) is 6.17. The van der Waals surface area contributed by atoms with Gasteiger partial charge in [-0.25, -0.2) is 0 Å². The summed E-state index contributed by atoms with van der Waals surface area (Å²) in [6.45, 7) is 4.50. The molecule has 17 heavy (non-hydrogen) atoms. The van der Waals surface area contributed by atoms with Gasteiger partial charge in [-0.1, -0.05) is 6.92 Å². The van der Waals surface area contributed by atoms with Gasteiger partial charge in [0, 0.05) is 39.8 Å². The highest BCUT2D eigenvalue weighted by atomic mass is 79.9. The van der Waals surface area contributed by atoms with Crippen molar-refractivity contribution in [3.8, 4) is 0 Å². The van der Waals surface area contributed by atoms with E-state index in [0.29, 0.717) is 12.1 Å². The number of benzene rings is 1. The topological polar surface area (TPSA) is 15.3 Å². The molecule has 2 aliphatic rings. The van der Waals surface area contributed by atoms with Gasteiger partial charge in [-0.15, -0.1) is 0 Å². The molecule has 2 heterocycles. The molecule has 0 radical (unpaired) electrons. The van der Waals surface area contributed by atoms with Crippen LogP contribution in [0.1, 0.15) is 18.9 Å². The van der Waals surface area contributed by atoms with Crippen LogP contribution in [0.25, 0.3) is 0 Å². The average molecular weight is 360 g/mol. The number of hydrogen-bond donors (Lipinski definition) is 1. The van der Waals surface area contributed by atoms with Crippen molar-refractivity contribution in [1.29, 1.82) is 0 Å². The molecule has 1 N–H and O–H groups in total. The van der Waals surface area contributed by atoms with Crippen LogP contribution in [0.4, 0.5) is 5.69 Å². The molecule has 2 aliphatic heterocycles. The van der Waals surface area contributed by atoms with Crippen LogP contribution in [0.5, 0.6) is 0 Å². The first kappa shape index (κ1) is 12.0. The third kappa shape index (κ3) is 1.94. The van der Waals surface area contributed by atoms with E-state index in [1.54, 1.807) is 0 Å². The Balaban J connectivity index is 2.04. The summed E-state index contributed by atoms with van der Waals surface area (Å²) in [5, 5.41) is 3.56. The largest absolute Gasteiger partial charge is 0.362 e. The van der Waals surface area contributed by atoms with Crippen LogP contribution in [0.15, 0.2) is 21.1 Å². The van der Waals surface area contributed by atoms with Crippen molar-refractivity contribution in [3.63, 3.8) is 0 Å². The highest BCUT2D eigenvalue weighted by Crippen LogP contribution is 2.40. The molecular formula is C13H16Br2N2. The molecule has 2 unspecified atom stereocenters. The fourth-order valence-electron chi connectivity index (χ4n) is 3.05. The maximum Gasteiger partial charge on any atom is 0.0459 e. The van der Waals surface area contributed by atoms with Gasteiger partial charge in [0.15, 0.2) is 0 Å². The number of anilines is 1. The molecule has 2 nitrogen and oxygen atoms in total. The van der Waals surface area contributed by atoms with E-state index >= 15 is 0 Å². The van der Waals surface area contributed by atoms with Crippen LogP contribution in [0, 0.1) is 0 Å². The molecule has 0 aromatic heterocycles. The van der Waals surface area contributed by atoms with E-state index in [4.69, 9.17) is 0 Å². The van der Waals surface area contributed by atoms with E-state index in [2.05, 4.69) is 61.1 Å². The maximum absolute atomic E-state index is 3.62. The van der Waals surface area contributed by atoms with Crippen LogP contribution in [-0.4, -0.2) is 25.2 Å². The van der Waals surface area contributed by atoms with E-state index < -0.39 is 0 Å². The summed E-state index contributed by atoms with van der Waals surface area (Å²) in [6, 6.07) is 5.82. The SMILES string of the molecule is CCC1CNCC2Cc3cc(Br)c(Br)cc3N12. The van der Waals surface area contributed by atoms with Crippen LogP contribution in [0.3, 0.4) is 0 Å². The van der Waals surface area contributed by atoms with Gasteiger partial charge in [0.2, 0.25) is 0 Å². The number of hydrogen-bond acceptors (Lipinski definition) is 2. The number of halogens is 2. The van der Waals surface area contributed by atoms with Crippen molar-refractivity contribution in [2.75, 3.05) is 18.0 Å². The van der Waals surface area contributed by atoms with Crippen molar-refractivity contribution in [1.82, 2.24) is 5.32 Å². The summed E-state index contributed by atoms with van der Waals surface area (Å²) >= 11 is 7.22. The van der Waals surface area contributed by atoms with Gasteiger partial charge in [0.25, 0.3) is 0 Å². The minimum absolute atomic E-state index is 0.642. The summed E-state index contributed by atoms with van der Waals surface area (Å²) in [4.78, 5) is 2.63. The minimum Gasteiger partial charge on any atom is -0.362 e. The lowest BCUT2D eigenvalue weighted by Crippen LogP contribution is -2.55. The van der Waals surface area contributed by atoms with Crippen molar-refractivity contribution in [2.24, 2.45) is 0 Å². The van der Waals surface area contributed by atoms with Gasteiger partial charge in [-0.2, -0.15) is 0 Å². The van der Waals surface area contributed by atoms with E-state index in [-0.39, 0.29) is 0 Å². The Kier molecular flexibility index (Phi) is 3.22. The third-order valence-corrected chi connectivity index (χ3v) is 5.72. The van der Waals surface area contributed by atoms with E-state index in [1.165, 1.54) is 24.1 Å². The molecule has 1 aromatic carbocycles. The highest BCUT2D eigenvalue weighted by Gasteiger charge is 2.36. The number of rotatable bonds is 1. The zero-order chi connectivity index (χ0) is 12.0. The summed E-state index contributed by atoms with van der Waals surface area (Å²) < 4.78 is 2.32. The zero-order valence-corrected chi connectivity index (χ0v) is 13.0.